The van der Waals surface area contributed by atoms with Crippen LogP contribution in [-0.4, -0.2) is 16.7 Å². The second-order valence-corrected chi connectivity index (χ2v) is 5.56. The molecule has 0 aliphatic carbocycles. The Morgan fingerprint density at radius 1 is 1.00 bits per heavy atom. The molecule has 0 saturated carbocycles. The molecule has 2 aromatic carbocycles. The van der Waals surface area contributed by atoms with Gasteiger partial charge < -0.3 is 4.90 Å². The lowest BCUT2D eigenvalue weighted by Gasteiger charge is -2.31. The number of carbonyl (C=O) groups is 1. The van der Waals surface area contributed by atoms with Crippen molar-refractivity contribution in [2.24, 2.45) is 0 Å². The monoisotopic (exact) mass is 253 g/mol. The number of fused-ring (bicyclic) bond motifs is 5. The molecular weight excluding hydrogens is 242 g/mol. The lowest BCUT2D eigenvalue weighted by atomic mass is 9.98. The largest absolute Gasteiger partial charge is 0.318 e. The normalized spacial score (nSPS) is 20.3. The molecule has 0 aromatic heterocycles. The molecule has 88 valence electrons. The summed E-state index contributed by atoms with van der Waals surface area (Å²) in [7, 11) is 0. The van der Waals surface area contributed by atoms with E-state index in [1.165, 1.54) is 10.5 Å². The fourth-order valence-electron chi connectivity index (χ4n) is 2.82. The summed E-state index contributed by atoms with van der Waals surface area (Å²) < 4.78 is 0. The van der Waals surface area contributed by atoms with E-state index in [-0.39, 0.29) is 11.9 Å². The molecule has 1 amide bonds. The van der Waals surface area contributed by atoms with Crippen LogP contribution in [0, 0.1) is 0 Å². The number of nitrogens with zero attached hydrogens (tertiary/aromatic N) is 1. The zero-order chi connectivity index (χ0) is 12.1. The second kappa shape index (κ2) is 3.62. The Kier molecular flexibility index (Phi) is 2.06. The van der Waals surface area contributed by atoms with Crippen molar-refractivity contribution in [2.75, 3.05) is 5.88 Å². The molecule has 0 bridgehead atoms. The fraction of sp³-hybridized carbons (Fsp3) is 0.133. The van der Waals surface area contributed by atoms with Crippen molar-refractivity contribution in [3.05, 3.63) is 65.2 Å². The summed E-state index contributed by atoms with van der Waals surface area (Å²) in [5.41, 5.74) is 3.27. The molecule has 0 radical (unpaired) electrons. The maximum Gasteiger partial charge on any atom is 0.255 e. The Morgan fingerprint density at radius 2 is 1.72 bits per heavy atom. The third-order valence-corrected chi connectivity index (χ3v) is 4.72. The van der Waals surface area contributed by atoms with Crippen LogP contribution in [0.3, 0.4) is 0 Å². The zero-order valence-corrected chi connectivity index (χ0v) is 10.5. The molecule has 0 spiro atoms. The second-order valence-electron chi connectivity index (χ2n) is 4.58. The van der Waals surface area contributed by atoms with Crippen LogP contribution in [0.25, 0.3) is 0 Å². The first-order valence-electron chi connectivity index (χ1n) is 5.98. The van der Waals surface area contributed by atoms with E-state index >= 15 is 0 Å². The van der Waals surface area contributed by atoms with E-state index in [4.69, 9.17) is 0 Å². The summed E-state index contributed by atoms with van der Waals surface area (Å²) in [5, 5.41) is 0. The molecule has 2 nitrogen and oxygen atoms in total. The van der Waals surface area contributed by atoms with Crippen LogP contribution in [0.2, 0.25) is 0 Å². The van der Waals surface area contributed by atoms with Crippen LogP contribution < -0.4 is 0 Å². The molecule has 0 saturated heterocycles. The molecule has 1 unspecified atom stereocenters. The Morgan fingerprint density at radius 3 is 2.61 bits per heavy atom. The first-order chi connectivity index (χ1) is 8.86. The minimum Gasteiger partial charge on any atom is -0.318 e. The highest BCUT2D eigenvalue weighted by atomic mass is 32.2. The smallest absolute Gasteiger partial charge is 0.255 e. The lowest BCUT2D eigenvalue weighted by Crippen LogP contribution is -2.31. The fourth-order valence-corrected chi connectivity index (χ4v) is 3.88. The standard InChI is InChI=1S/C15H11NOS/c17-15-11-6-2-1-5-10(11)14-12-7-3-4-8-13(12)18-9-16(14)15/h1-8,14H,9H2. The van der Waals surface area contributed by atoms with Crippen LogP contribution >= 0.6 is 11.8 Å². The third-order valence-electron chi connectivity index (χ3n) is 3.63. The van der Waals surface area contributed by atoms with Crippen molar-refractivity contribution in [3.8, 4) is 0 Å². The van der Waals surface area contributed by atoms with Gasteiger partial charge in [-0.2, -0.15) is 0 Å². The van der Waals surface area contributed by atoms with Gasteiger partial charge in [-0.05, 0) is 23.3 Å². The van der Waals surface area contributed by atoms with Crippen LogP contribution in [0.15, 0.2) is 53.4 Å². The van der Waals surface area contributed by atoms with Gasteiger partial charge in [0, 0.05) is 10.5 Å². The van der Waals surface area contributed by atoms with E-state index in [1.807, 2.05) is 29.2 Å². The van der Waals surface area contributed by atoms with Gasteiger partial charge in [-0.15, -0.1) is 11.8 Å². The number of hydrogen-bond donors (Lipinski definition) is 0. The van der Waals surface area contributed by atoms with Gasteiger partial charge in [0.05, 0.1) is 11.9 Å². The molecule has 1 atom stereocenters. The van der Waals surface area contributed by atoms with Crippen LogP contribution in [0.1, 0.15) is 27.5 Å². The minimum atomic E-state index is 0.117. The first-order valence-corrected chi connectivity index (χ1v) is 6.96. The highest BCUT2D eigenvalue weighted by Crippen LogP contribution is 2.46. The Bertz CT molecular complexity index is 652. The van der Waals surface area contributed by atoms with Gasteiger partial charge in [0.25, 0.3) is 5.91 Å². The Hall–Kier alpha value is -1.74. The van der Waals surface area contributed by atoms with Gasteiger partial charge in [0.2, 0.25) is 0 Å². The number of hydrogen-bond acceptors (Lipinski definition) is 2. The Balaban J connectivity index is 1.97. The zero-order valence-electron chi connectivity index (χ0n) is 9.67. The van der Waals surface area contributed by atoms with Gasteiger partial charge in [0.1, 0.15) is 0 Å². The van der Waals surface area contributed by atoms with Crippen molar-refractivity contribution in [3.63, 3.8) is 0 Å². The number of thioether (sulfide) groups is 1. The minimum absolute atomic E-state index is 0.117. The quantitative estimate of drug-likeness (QED) is 0.718. The van der Waals surface area contributed by atoms with Crippen molar-refractivity contribution in [1.29, 1.82) is 0 Å². The van der Waals surface area contributed by atoms with E-state index in [0.29, 0.717) is 0 Å². The number of carbonyl (C=O) groups excluding carboxylic acids is 1. The van der Waals surface area contributed by atoms with E-state index in [9.17, 15) is 4.79 Å². The average molecular weight is 253 g/mol. The lowest BCUT2D eigenvalue weighted by molar-refractivity contribution is 0.0779. The summed E-state index contributed by atoms with van der Waals surface area (Å²) in [4.78, 5) is 15.6. The summed E-state index contributed by atoms with van der Waals surface area (Å²) in [5.74, 6) is 0.910. The first kappa shape index (κ1) is 10.2. The van der Waals surface area contributed by atoms with Crippen LogP contribution in [0.5, 0.6) is 0 Å². The number of benzene rings is 2. The van der Waals surface area contributed by atoms with Gasteiger partial charge >= 0.3 is 0 Å². The van der Waals surface area contributed by atoms with Crippen LogP contribution in [-0.2, 0) is 0 Å². The summed E-state index contributed by atoms with van der Waals surface area (Å²) in [6.07, 6.45) is 0. The van der Waals surface area contributed by atoms with Gasteiger partial charge in [-0.25, -0.2) is 0 Å². The van der Waals surface area contributed by atoms with Crippen molar-refractivity contribution in [2.45, 2.75) is 10.9 Å². The molecule has 2 aliphatic heterocycles. The predicted molar refractivity (Wildman–Crippen MR) is 71.6 cm³/mol. The molecule has 4 rings (SSSR count). The van der Waals surface area contributed by atoms with E-state index in [1.54, 1.807) is 11.8 Å². The average Bonchev–Trinajstić information content (AvgIpc) is 2.73. The molecule has 0 N–H and O–H groups in total. The van der Waals surface area contributed by atoms with E-state index in [2.05, 4.69) is 24.3 Å². The van der Waals surface area contributed by atoms with Crippen molar-refractivity contribution >= 4 is 17.7 Å². The van der Waals surface area contributed by atoms with Crippen molar-refractivity contribution < 1.29 is 4.79 Å². The molecule has 2 aromatic rings. The highest BCUT2D eigenvalue weighted by Gasteiger charge is 2.40. The van der Waals surface area contributed by atoms with Crippen molar-refractivity contribution in [1.82, 2.24) is 4.90 Å². The predicted octanol–water partition coefficient (Wildman–Crippen LogP) is 3.30. The maximum atomic E-state index is 12.4. The van der Waals surface area contributed by atoms with Gasteiger partial charge in [-0.1, -0.05) is 36.4 Å². The SMILES string of the molecule is O=C1c2ccccc2C2c3ccccc3SCN12. The highest BCUT2D eigenvalue weighted by molar-refractivity contribution is 7.99. The third kappa shape index (κ3) is 1.22. The maximum absolute atomic E-state index is 12.4. The molecule has 2 aliphatic rings. The molecule has 18 heavy (non-hydrogen) atoms. The molecule has 3 heteroatoms. The molecular formula is C15H11NOS. The summed E-state index contributed by atoms with van der Waals surface area (Å²) in [6, 6.07) is 16.5. The Labute approximate surface area is 110 Å². The molecule has 0 fully saturated rings. The number of rotatable bonds is 0. The van der Waals surface area contributed by atoms with E-state index in [0.717, 1.165) is 17.0 Å². The topological polar surface area (TPSA) is 20.3 Å². The van der Waals surface area contributed by atoms with Gasteiger partial charge in [0.15, 0.2) is 0 Å². The van der Waals surface area contributed by atoms with Crippen LogP contribution in [0.4, 0.5) is 0 Å². The molecule has 2 heterocycles. The van der Waals surface area contributed by atoms with E-state index < -0.39 is 0 Å². The number of amides is 1. The summed E-state index contributed by atoms with van der Waals surface area (Å²) >= 11 is 1.74. The summed E-state index contributed by atoms with van der Waals surface area (Å²) in [6.45, 7) is 0. The van der Waals surface area contributed by atoms with Gasteiger partial charge in [-0.3, -0.25) is 4.79 Å².